The maximum atomic E-state index is 12.8. The maximum absolute atomic E-state index is 12.8. The molecule has 156 valence electrons. The first kappa shape index (κ1) is 21.7. The molecule has 0 saturated heterocycles. The Morgan fingerprint density at radius 3 is 2.40 bits per heavy atom. The minimum absolute atomic E-state index is 0.145. The molecule has 3 N–H and O–H groups in total. The number of rotatable bonds is 7. The van der Waals surface area contributed by atoms with E-state index in [0.717, 1.165) is 0 Å². The Labute approximate surface area is 182 Å². The number of benzene rings is 2. The van der Waals surface area contributed by atoms with Crippen molar-refractivity contribution in [3.8, 4) is 17.2 Å². The molecule has 0 aliphatic carbocycles. The molecule has 0 aromatic heterocycles. The van der Waals surface area contributed by atoms with Gasteiger partial charge >= 0.3 is 5.97 Å². The zero-order chi connectivity index (χ0) is 21.7. The smallest absolute Gasteiger partial charge is 0.312 e. The van der Waals surface area contributed by atoms with E-state index in [1.165, 1.54) is 48.5 Å². The van der Waals surface area contributed by atoms with Crippen LogP contribution in [-0.4, -0.2) is 34.5 Å². The van der Waals surface area contributed by atoms with E-state index in [4.69, 9.17) is 9.84 Å². The Balaban J connectivity index is 1.78. The molecule has 0 atom stereocenters. The first-order chi connectivity index (χ1) is 14.3. The largest absolute Gasteiger partial charge is 0.507 e. The van der Waals surface area contributed by atoms with Crippen LogP contribution in [0.25, 0.3) is 0 Å². The molecule has 2 aromatic rings. The lowest BCUT2D eigenvalue weighted by Crippen LogP contribution is -2.15. The Hall–Kier alpha value is -2.99. The Bertz CT molecular complexity index is 1180. The molecular formula is C20H16INO7S. The predicted molar refractivity (Wildman–Crippen MR) is 120 cm³/mol. The van der Waals surface area contributed by atoms with Gasteiger partial charge in [0.05, 0.1) is 4.91 Å². The number of carboxylic acid groups (broad SMARTS) is 1. The van der Waals surface area contributed by atoms with Crippen molar-refractivity contribution in [1.82, 2.24) is 0 Å². The van der Waals surface area contributed by atoms with Crippen LogP contribution in [0.2, 0.25) is 0 Å². The summed E-state index contributed by atoms with van der Waals surface area (Å²) in [5.74, 6) is -1.70. The summed E-state index contributed by atoms with van der Waals surface area (Å²) in [4.78, 5) is 21.9. The highest BCUT2D eigenvalue weighted by Crippen LogP contribution is 2.35. The maximum Gasteiger partial charge on any atom is 0.312 e. The molecule has 0 saturated carbocycles. The summed E-state index contributed by atoms with van der Waals surface area (Å²) in [5.41, 5.74) is 0.388. The van der Waals surface area contributed by atoms with E-state index in [1.807, 2.05) is 4.01 Å². The topological polar surface area (TPSA) is 130 Å². The fourth-order valence-electron chi connectivity index (χ4n) is 2.44. The lowest BCUT2D eigenvalue weighted by molar-refractivity contribution is -0.139. The van der Waals surface area contributed by atoms with E-state index in [1.54, 1.807) is 10.2 Å². The number of phenols is 1. The van der Waals surface area contributed by atoms with Gasteiger partial charge in [0.25, 0.3) is 0 Å². The minimum atomic E-state index is -3.88. The number of allylic oxidation sites excluding steroid dienone is 2. The van der Waals surface area contributed by atoms with Crippen molar-refractivity contribution in [2.45, 2.75) is 11.3 Å². The lowest BCUT2D eigenvalue weighted by atomic mass is 10.3. The minimum Gasteiger partial charge on any atom is -0.507 e. The van der Waals surface area contributed by atoms with Gasteiger partial charge in [0.1, 0.15) is 28.6 Å². The zero-order valence-corrected chi connectivity index (χ0v) is 18.3. The van der Waals surface area contributed by atoms with Gasteiger partial charge in [-0.2, -0.15) is 0 Å². The monoisotopic (exact) mass is 541 g/mol. The lowest BCUT2D eigenvalue weighted by Gasteiger charge is -2.12. The number of amides is 1. The van der Waals surface area contributed by atoms with Crippen LogP contribution in [0.3, 0.4) is 0 Å². The highest BCUT2D eigenvalue weighted by atomic mass is 127. The average molecular weight is 541 g/mol. The van der Waals surface area contributed by atoms with Gasteiger partial charge in [-0.1, -0.05) is 26.8 Å². The predicted octanol–water partition coefficient (Wildman–Crippen LogP) is 3.56. The van der Waals surface area contributed by atoms with Gasteiger partial charge in [-0.25, -0.2) is 8.42 Å². The molecule has 2 aromatic carbocycles. The third-order valence-electron chi connectivity index (χ3n) is 3.79. The first-order valence-corrected chi connectivity index (χ1v) is 12.4. The second-order valence-electron chi connectivity index (χ2n) is 6.00. The zero-order valence-electron chi connectivity index (χ0n) is 15.3. The number of hydrogen-bond acceptors (Lipinski definition) is 6. The molecule has 1 aliphatic rings. The van der Waals surface area contributed by atoms with Gasteiger partial charge in [-0.15, -0.1) is 0 Å². The summed E-state index contributed by atoms with van der Waals surface area (Å²) in [6.45, 7) is 0. The summed E-state index contributed by atoms with van der Waals surface area (Å²) in [6.07, 6.45) is 2.53. The number of aliphatic carboxylic acids is 1. The second-order valence-corrected chi connectivity index (χ2v) is 9.98. The third kappa shape index (κ3) is 5.33. The van der Waals surface area contributed by atoms with E-state index in [9.17, 15) is 23.1 Å². The number of carbonyl (C=O) groups excluding carboxylic acids is 1. The summed E-state index contributed by atoms with van der Waals surface area (Å²) < 4.78 is 34.9. The van der Waals surface area contributed by atoms with E-state index in [0.29, 0.717) is 11.4 Å². The molecule has 10 heteroatoms. The number of nitrogens with one attached hydrogen (secondary N) is 1. The third-order valence-corrected chi connectivity index (χ3v) is 7.86. The van der Waals surface area contributed by atoms with Crippen molar-refractivity contribution in [3.05, 3.63) is 63.6 Å². The number of anilines is 1. The van der Waals surface area contributed by atoms with Crippen LogP contribution in [0.5, 0.6) is 17.2 Å². The van der Waals surface area contributed by atoms with Crippen molar-refractivity contribution < 1.29 is 33.0 Å². The van der Waals surface area contributed by atoms with Crippen molar-refractivity contribution in [3.63, 3.8) is 0 Å². The highest BCUT2D eigenvalue weighted by Gasteiger charge is 2.24. The fourth-order valence-corrected chi connectivity index (χ4v) is 6.25. The van der Waals surface area contributed by atoms with Gasteiger partial charge in [-0.05, 0) is 50.6 Å². The average Bonchev–Trinajstić information content (AvgIpc) is 2.71. The number of halogens is 1. The molecule has 0 bridgehead atoms. The van der Waals surface area contributed by atoms with Crippen molar-refractivity contribution in [2.24, 2.45) is 0 Å². The number of ether oxygens (including phenoxy) is 1. The van der Waals surface area contributed by atoms with Crippen LogP contribution in [0, 0.1) is 0 Å². The van der Waals surface area contributed by atoms with E-state index < -0.39 is 48.9 Å². The Kier molecular flexibility index (Phi) is 6.67. The highest BCUT2D eigenvalue weighted by molar-refractivity contribution is 14.2. The molecule has 1 amide bonds. The molecule has 1 heterocycles. The van der Waals surface area contributed by atoms with Crippen molar-refractivity contribution >= 4 is 52.1 Å². The standard InChI is InChI=1S/C20H16INO7S/c23-17-8-7-15(10-18(17)30(27,28)16-2-1-9-21-12-16)29-14-5-3-13(4-6-14)22-19(24)11-20(25)26/h1-10,12,23H,11H2,(H,22,24)(H,25,26). The van der Waals surface area contributed by atoms with Crippen LogP contribution >= 0.6 is 20.7 Å². The van der Waals surface area contributed by atoms with Gasteiger partial charge in [0, 0.05) is 11.8 Å². The van der Waals surface area contributed by atoms with E-state index in [-0.39, 0.29) is 21.3 Å². The SMILES string of the molecule is O=C(O)CC(=O)Nc1ccc(Oc2ccc(O)c(S(=O)(=O)C3=CI=CC=C3)c2)cc1. The second kappa shape index (κ2) is 9.22. The molecule has 0 unspecified atom stereocenters. The number of phenolic OH excluding ortho intramolecular Hbond substituents is 1. The van der Waals surface area contributed by atoms with Crippen molar-refractivity contribution in [2.75, 3.05) is 5.32 Å². The summed E-state index contributed by atoms with van der Waals surface area (Å²) >= 11 is -0.485. The molecule has 30 heavy (non-hydrogen) atoms. The van der Waals surface area contributed by atoms with Gasteiger partial charge < -0.3 is 20.3 Å². The number of carbonyl (C=O) groups is 2. The van der Waals surface area contributed by atoms with Gasteiger partial charge in [-0.3, -0.25) is 9.59 Å². The molecule has 1 aliphatic heterocycles. The van der Waals surface area contributed by atoms with Crippen LogP contribution in [0.15, 0.2) is 68.5 Å². The molecule has 3 rings (SSSR count). The molecular weight excluding hydrogens is 525 g/mol. The number of carboxylic acids is 1. The van der Waals surface area contributed by atoms with Gasteiger partial charge in [0.2, 0.25) is 15.7 Å². The van der Waals surface area contributed by atoms with Gasteiger partial charge in [0.15, 0.2) is 0 Å². The quantitative estimate of drug-likeness (QED) is 0.361. The normalized spacial score (nSPS) is 13.1. The van der Waals surface area contributed by atoms with E-state index in [2.05, 4.69) is 5.32 Å². The summed E-state index contributed by atoms with van der Waals surface area (Å²) in [5, 5.41) is 21.1. The molecule has 0 fully saturated rings. The van der Waals surface area contributed by atoms with Crippen LogP contribution in [0.4, 0.5) is 5.69 Å². The van der Waals surface area contributed by atoms with Crippen LogP contribution in [0.1, 0.15) is 6.42 Å². The summed E-state index contributed by atoms with van der Waals surface area (Å²) in [6, 6.07) is 10.0. The molecule has 0 radical (unpaired) electrons. The number of sulfone groups is 1. The Morgan fingerprint density at radius 2 is 1.77 bits per heavy atom. The number of hydrogen-bond donors (Lipinski definition) is 3. The molecule has 0 spiro atoms. The van der Waals surface area contributed by atoms with Crippen LogP contribution in [-0.2, 0) is 19.4 Å². The van der Waals surface area contributed by atoms with E-state index >= 15 is 0 Å². The Morgan fingerprint density at radius 1 is 1.07 bits per heavy atom. The molecule has 8 nitrogen and oxygen atoms in total. The number of aromatic hydroxyl groups is 1. The van der Waals surface area contributed by atoms with Crippen LogP contribution < -0.4 is 10.1 Å². The summed E-state index contributed by atoms with van der Waals surface area (Å²) in [7, 11) is -3.88. The fraction of sp³-hybridized carbons (Fsp3) is 0.0500. The van der Waals surface area contributed by atoms with Crippen molar-refractivity contribution in [1.29, 1.82) is 0 Å². The first-order valence-electron chi connectivity index (χ1n) is 8.45.